The van der Waals surface area contributed by atoms with Crippen LogP contribution in [-0.4, -0.2) is 58.1 Å². The zero-order chi connectivity index (χ0) is 25.8. The van der Waals surface area contributed by atoms with E-state index in [-0.39, 0.29) is 17.5 Å². The molecular weight excluding hydrogens is 480 g/mol. The molecule has 190 valence electrons. The summed E-state index contributed by atoms with van der Waals surface area (Å²) in [5.74, 6) is -0.586. The topological polar surface area (TPSA) is 109 Å². The molecule has 2 atom stereocenters. The number of aryl methyl sites for hydroxylation is 2. The highest BCUT2D eigenvalue weighted by molar-refractivity contribution is 6.45. The van der Waals surface area contributed by atoms with Crippen molar-refractivity contribution in [1.82, 2.24) is 34.3 Å². The van der Waals surface area contributed by atoms with Gasteiger partial charge in [-0.3, -0.25) is 9.48 Å². The van der Waals surface area contributed by atoms with E-state index >= 15 is 0 Å². The van der Waals surface area contributed by atoms with Crippen molar-refractivity contribution in [3.63, 3.8) is 0 Å². The molecule has 12 heteroatoms. The van der Waals surface area contributed by atoms with Crippen molar-refractivity contribution in [2.24, 2.45) is 23.2 Å². The summed E-state index contributed by atoms with van der Waals surface area (Å²) in [5.41, 5.74) is 4.98. The third kappa shape index (κ3) is 3.66. The molecule has 0 aliphatic carbocycles. The highest BCUT2D eigenvalue weighted by Crippen LogP contribution is 2.35. The van der Waals surface area contributed by atoms with E-state index in [0.29, 0.717) is 53.4 Å². The average molecular weight is 506 g/mol. The fourth-order valence-corrected chi connectivity index (χ4v) is 5.17. The van der Waals surface area contributed by atoms with E-state index in [9.17, 15) is 13.6 Å². The number of hydrogen-bond acceptors (Lipinski definition) is 6. The van der Waals surface area contributed by atoms with E-state index in [2.05, 4.69) is 30.4 Å². The molecule has 2 aliphatic rings. The minimum atomic E-state index is -2.69. The molecule has 0 bridgehead atoms. The van der Waals surface area contributed by atoms with E-state index in [1.807, 2.05) is 27.0 Å². The Morgan fingerprint density at radius 3 is 2.78 bits per heavy atom. The maximum Gasteiger partial charge on any atom is 0.280 e. The Balaban J connectivity index is 1.38. The number of rotatable bonds is 5. The van der Waals surface area contributed by atoms with Crippen LogP contribution < -0.4 is 0 Å². The van der Waals surface area contributed by atoms with Gasteiger partial charge in [0.15, 0.2) is 0 Å². The fraction of sp³-hybridized carbons (Fsp3) is 0.360. The smallest absolute Gasteiger partial charge is 0.280 e. The molecule has 0 aromatic carbocycles. The van der Waals surface area contributed by atoms with E-state index in [1.165, 1.54) is 10.6 Å². The van der Waals surface area contributed by atoms with Crippen LogP contribution in [0.3, 0.4) is 0 Å². The third-order valence-electron chi connectivity index (χ3n) is 7.15. The molecule has 6 heterocycles. The molecule has 2 unspecified atom stereocenters. The van der Waals surface area contributed by atoms with Crippen LogP contribution in [-0.2, 0) is 18.3 Å². The molecule has 2 aliphatic heterocycles. The Hall–Kier alpha value is -4.22. The first-order valence-corrected chi connectivity index (χ1v) is 12.1. The number of hydrogen-bond donors (Lipinski definition) is 1. The molecule has 37 heavy (non-hydrogen) atoms. The Morgan fingerprint density at radius 1 is 1.22 bits per heavy atom. The van der Waals surface area contributed by atoms with Gasteiger partial charge in [-0.15, -0.1) is 5.10 Å². The molecule has 4 aromatic rings. The van der Waals surface area contributed by atoms with E-state index in [4.69, 9.17) is 0 Å². The molecule has 0 saturated heterocycles. The van der Waals surface area contributed by atoms with Gasteiger partial charge in [0.1, 0.15) is 23.1 Å². The van der Waals surface area contributed by atoms with Crippen molar-refractivity contribution >= 4 is 22.8 Å². The number of alkyl halides is 2. The summed E-state index contributed by atoms with van der Waals surface area (Å²) < 4.78 is 30.3. The standard InChI is InChI=1S/C25H25F2N9O/c1-4-15-20(17-10-13(2)34(3)32-17)30-31-21(15)25(37)35-9-8-16-22(29-12-28-16)23(35)18-11-14-6-5-7-19(24(26)27)36(14)33-18/h5-7,10-12,15,23-24H,4,8-9H2,1-3H3,(H,28,29). The van der Waals surface area contributed by atoms with E-state index in [1.54, 1.807) is 34.1 Å². The van der Waals surface area contributed by atoms with Gasteiger partial charge in [0.05, 0.1) is 34.9 Å². The number of halogens is 2. The molecule has 1 amide bonds. The van der Waals surface area contributed by atoms with Gasteiger partial charge in [0.25, 0.3) is 12.3 Å². The van der Waals surface area contributed by atoms with Crippen LogP contribution in [0.2, 0.25) is 0 Å². The zero-order valence-corrected chi connectivity index (χ0v) is 20.6. The lowest BCUT2D eigenvalue weighted by Crippen LogP contribution is -2.46. The van der Waals surface area contributed by atoms with Crippen LogP contribution in [0.5, 0.6) is 0 Å². The first-order chi connectivity index (χ1) is 17.9. The summed E-state index contributed by atoms with van der Waals surface area (Å²) in [6.45, 7) is 4.33. The molecule has 4 aromatic heterocycles. The van der Waals surface area contributed by atoms with Crippen molar-refractivity contribution in [1.29, 1.82) is 0 Å². The van der Waals surface area contributed by atoms with Crippen LogP contribution >= 0.6 is 0 Å². The van der Waals surface area contributed by atoms with Gasteiger partial charge >= 0.3 is 0 Å². The zero-order valence-electron chi connectivity index (χ0n) is 20.6. The number of aromatic amines is 1. The van der Waals surface area contributed by atoms with Crippen molar-refractivity contribution in [3.05, 3.63) is 70.8 Å². The van der Waals surface area contributed by atoms with Gasteiger partial charge < -0.3 is 9.88 Å². The lowest BCUT2D eigenvalue weighted by molar-refractivity contribution is -0.126. The van der Waals surface area contributed by atoms with Crippen LogP contribution in [0.4, 0.5) is 8.78 Å². The molecule has 0 saturated carbocycles. The molecule has 0 radical (unpaired) electrons. The number of fused-ring (bicyclic) bond motifs is 2. The predicted octanol–water partition coefficient (Wildman–Crippen LogP) is 3.40. The van der Waals surface area contributed by atoms with Crippen molar-refractivity contribution in [3.8, 4) is 0 Å². The first-order valence-electron chi connectivity index (χ1n) is 12.1. The van der Waals surface area contributed by atoms with E-state index in [0.717, 1.165) is 11.4 Å². The maximum atomic E-state index is 14.0. The van der Waals surface area contributed by atoms with Crippen molar-refractivity contribution in [2.75, 3.05) is 6.54 Å². The largest absolute Gasteiger partial charge is 0.348 e. The Labute approximate surface area is 210 Å². The number of carbonyl (C=O) groups is 1. The van der Waals surface area contributed by atoms with Gasteiger partial charge in [-0.25, -0.2) is 18.3 Å². The lowest BCUT2D eigenvalue weighted by atomic mass is 9.91. The average Bonchev–Trinajstić information content (AvgIpc) is 3.67. The van der Waals surface area contributed by atoms with Crippen LogP contribution in [0, 0.1) is 12.8 Å². The van der Waals surface area contributed by atoms with Crippen LogP contribution in [0.15, 0.2) is 46.9 Å². The summed E-state index contributed by atoms with van der Waals surface area (Å²) >= 11 is 0. The molecule has 0 fully saturated rings. The second kappa shape index (κ2) is 8.71. The van der Waals surface area contributed by atoms with Gasteiger partial charge in [0.2, 0.25) is 0 Å². The van der Waals surface area contributed by atoms with Crippen LogP contribution in [0.25, 0.3) is 5.52 Å². The quantitative estimate of drug-likeness (QED) is 0.448. The highest BCUT2D eigenvalue weighted by atomic mass is 19.3. The van der Waals surface area contributed by atoms with E-state index < -0.39 is 12.5 Å². The number of aromatic nitrogens is 6. The van der Waals surface area contributed by atoms with Crippen LogP contribution in [0.1, 0.15) is 60.0 Å². The Kier molecular flexibility index (Phi) is 5.46. The SMILES string of the molecule is CCC1C(C(=O)N2CCc3[nH]cnc3C2c2cc3cccc(C(F)F)n3n2)=NN=C1c1cc(C)n(C)n1. The number of carbonyl (C=O) groups excluding carboxylic acids is 1. The monoisotopic (exact) mass is 505 g/mol. The maximum absolute atomic E-state index is 14.0. The van der Waals surface area contributed by atoms with Gasteiger partial charge in [0, 0.05) is 31.4 Å². The number of nitrogens with one attached hydrogen (secondary N) is 1. The summed E-state index contributed by atoms with van der Waals surface area (Å²) in [5, 5.41) is 17.7. The molecule has 1 N–H and O–H groups in total. The molecule has 0 spiro atoms. The minimum absolute atomic E-state index is 0.213. The van der Waals surface area contributed by atoms with Crippen molar-refractivity contribution in [2.45, 2.75) is 39.2 Å². The number of nitrogens with zero attached hydrogens (tertiary/aromatic N) is 8. The number of amides is 1. The number of pyridine rings is 1. The Morgan fingerprint density at radius 2 is 2.05 bits per heavy atom. The highest BCUT2D eigenvalue weighted by Gasteiger charge is 2.41. The van der Waals surface area contributed by atoms with Gasteiger partial charge in [-0.05, 0) is 37.6 Å². The fourth-order valence-electron chi connectivity index (χ4n) is 5.17. The lowest BCUT2D eigenvalue weighted by Gasteiger charge is -2.34. The molecule has 6 rings (SSSR count). The molecular formula is C25H25F2N9O. The summed E-state index contributed by atoms with van der Waals surface area (Å²) in [6.07, 6.45) is 0.0887. The number of H-pyrrole nitrogens is 1. The van der Waals surface area contributed by atoms with Gasteiger partial charge in [-0.2, -0.15) is 15.3 Å². The van der Waals surface area contributed by atoms with Gasteiger partial charge in [-0.1, -0.05) is 13.0 Å². The second-order valence-corrected chi connectivity index (χ2v) is 9.30. The van der Waals surface area contributed by atoms with Crippen molar-refractivity contribution < 1.29 is 13.6 Å². The Bertz CT molecular complexity index is 1560. The molecule has 10 nitrogen and oxygen atoms in total. The summed E-state index contributed by atoms with van der Waals surface area (Å²) in [6, 6.07) is 7.63. The number of imidazole rings is 1. The second-order valence-electron chi connectivity index (χ2n) is 9.30. The third-order valence-corrected chi connectivity index (χ3v) is 7.15. The predicted molar refractivity (Wildman–Crippen MR) is 132 cm³/mol. The first kappa shape index (κ1) is 23.2. The summed E-state index contributed by atoms with van der Waals surface area (Å²) in [4.78, 5) is 23.3. The normalized spacial score (nSPS) is 19.5. The summed E-state index contributed by atoms with van der Waals surface area (Å²) in [7, 11) is 1.86. The minimum Gasteiger partial charge on any atom is -0.348 e.